The topological polar surface area (TPSA) is 17.1 Å². The number of hydrogen-bond donors (Lipinski definition) is 0. The predicted octanol–water partition coefficient (Wildman–Crippen LogP) is 8.36. The molecule has 0 heterocycles. The molecule has 1 nitrogen and oxygen atoms in total. The summed E-state index contributed by atoms with van der Waals surface area (Å²) in [4.78, 5) is 13.6. The van der Waals surface area contributed by atoms with Gasteiger partial charge in [0.2, 0.25) is 0 Å². The van der Waals surface area contributed by atoms with E-state index in [0.29, 0.717) is 0 Å². The lowest BCUT2D eigenvalue weighted by Gasteiger charge is -2.60. The molecule has 0 amide bonds. The highest BCUT2D eigenvalue weighted by atomic mass is 16.1. The first-order chi connectivity index (χ1) is 14.5. The SMILES string of the molecule is CC[C@H]1CC[C@H](C2CCC3(CC2)CC2(CCC([C@H]4CC[C@H](C)CC4)CC2)C3=O)CC1. The van der Waals surface area contributed by atoms with E-state index >= 15 is 0 Å². The van der Waals surface area contributed by atoms with Gasteiger partial charge in [-0.05, 0) is 119 Å². The second kappa shape index (κ2) is 8.55. The molecule has 0 unspecified atom stereocenters. The summed E-state index contributed by atoms with van der Waals surface area (Å²) in [5, 5.41) is 0. The molecule has 0 N–H and O–H groups in total. The molecule has 0 atom stereocenters. The Bertz CT molecular complexity index is 588. The molecule has 5 aliphatic carbocycles. The first-order valence-corrected chi connectivity index (χ1v) is 14.1. The lowest BCUT2D eigenvalue weighted by atomic mass is 9.42. The van der Waals surface area contributed by atoms with Gasteiger partial charge in [0.05, 0.1) is 0 Å². The zero-order valence-electron chi connectivity index (χ0n) is 20.1. The van der Waals surface area contributed by atoms with E-state index in [9.17, 15) is 4.79 Å². The number of carbonyl (C=O) groups excluding carboxylic acids is 1. The van der Waals surface area contributed by atoms with Crippen LogP contribution in [-0.2, 0) is 4.79 Å². The Balaban J connectivity index is 1.10. The van der Waals surface area contributed by atoms with Gasteiger partial charge >= 0.3 is 0 Å². The molecule has 0 aromatic carbocycles. The maximum absolute atomic E-state index is 13.6. The van der Waals surface area contributed by atoms with E-state index in [2.05, 4.69) is 13.8 Å². The smallest absolute Gasteiger partial charge is 0.145 e. The van der Waals surface area contributed by atoms with Crippen molar-refractivity contribution in [3.05, 3.63) is 0 Å². The molecule has 5 saturated carbocycles. The molecule has 0 aromatic rings. The van der Waals surface area contributed by atoms with Crippen LogP contribution < -0.4 is 0 Å². The summed E-state index contributed by atoms with van der Waals surface area (Å²) in [6.45, 7) is 4.81. The van der Waals surface area contributed by atoms with Crippen LogP contribution in [0.5, 0.6) is 0 Å². The van der Waals surface area contributed by atoms with Gasteiger partial charge in [0, 0.05) is 10.8 Å². The van der Waals surface area contributed by atoms with Crippen molar-refractivity contribution in [3.8, 4) is 0 Å². The summed E-state index contributed by atoms with van der Waals surface area (Å²) < 4.78 is 0. The van der Waals surface area contributed by atoms with Gasteiger partial charge in [0.15, 0.2) is 0 Å². The predicted molar refractivity (Wildman–Crippen MR) is 125 cm³/mol. The second-order valence-electron chi connectivity index (χ2n) is 13.0. The van der Waals surface area contributed by atoms with Crippen molar-refractivity contribution in [2.24, 2.45) is 46.3 Å². The summed E-state index contributed by atoms with van der Waals surface area (Å²) in [7, 11) is 0. The lowest BCUT2D eigenvalue weighted by Crippen LogP contribution is -2.60. The summed E-state index contributed by atoms with van der Waals surface area (Å²) in [5.41, 5.74) is 0.286. The van der Waals surface area contributed by atoms with Crippen LogP contribution in [0.4, 0.5) is 0 Å². The molecule has 1 heteroatoms. The molecule has 0 radical (unpaired) electrons. The van der Waals surface area contributed by atoms with Crippen molar-refractivity contribution in [3.63, 3.8) is 0 Å². The molecule has 170 valence electrons. The summed E-state index contributed by atoms with van der Waals surface area (Å²) >= 11 is 0. The van der Waals surface area contributed by atoms with Crippen molar-refractivity contribution in [1.29, 1.82) is 0 Å². The number of Topliss-reactive ketones (excluding diaryl/α,β-unsaturated/α-hetero) is 1. The fourth-order valence-electron chi connectivity index (χ4n) is 9.23. The van der Waals surface area contributed by atoms with Crippen LogP contribution in [0.25, 0.3) is 0 Å². The van der Waals surface area contributed by atoms with Gasteiger partial charge in [-0.25, -0.2) is 0 Å². The average molecular weight is 413 g/mol. The molecule has 0 aromatic heterocycles. The number of rotatable bonds is 3. The zero-order chi connectivity index (χ0) is 20.8. The Morgan fingerprint density at radius 3 is 1.43 bits per heavy atom. The highest BCUT2D eigenvalue weighted by Gasteiger charge is 2.63. The number of carbonyl (C=O) groups is 1. The lowest BCUT2D eigenvalue weighted by molar-refractivity contribution is -0.170. The van der Waals surface area contributed by atoms with Crippen molar-refractivity contribution >= 4 is 5.78 Å². The van der Waals surface area contributed by atoms with E-state index in [-0.39, 0.29) is 10.8 Å². The maximum Gasteiger partial charge on any atom is 0.145 e. The number of ketones is 1. The Hall–Kier alpha value is -0.330. The first kappa shape index (κ1) is 21.5. The standard InChI is InChI=1S/C29H48O/c1-3-22-6-10-24(11-7-22)26-14-18-29(19-15-26)20-28(27(29)30)16-12-25(13-17-28)23-8-4-21(2)5-9-23/h21-26H,3-20H2,1-2H3/t21-,22-,23-,24-,25?,26?,28?,29?. The summed E-state index contributed by atoms with van der Waals surface area (Å²) in [6, 6.07) is 0. The fraction of sp³-hybridized carbons (Fsp3) is 0.966. The molecule has 0 bridgehead atoms. The van der Waals surface area contributed by atoms with Gasteiger partial charge in [0.25, 0.3) is 0 Å². The Labute approximate surface area is 186 Å². The van der Waals surface area contributed by atoms with Crippen LogP contribution in [0.1, 0.15) is 129 Å². The van der Waals surface area contributed by atoms with Gasteiger partial charge in [0.1, 0.15) is 5.78 Å². The van der Waals surface area contributed by atoms with Crippen molar-refractivity contribution < 1.29 is 4.79 Å². The Morgan fingerprint density at radius 2 is 1.03 bits per heavy atom. The fourth-order valence-corrected chi connectivity index (χ4v) is 9.23. The van der Waals surface area contributed by atoms with E-state index in [0.717, 1.165) is 41.3 Å². The van der Waals surface area contributed by atoms with E-state index in [1.807, 2.05) is 0 Å². The van der Waals surface area contributed by atoms with Crippen molar-refractivity contribution in [1.82, 2.24) is 0 Å². The third-order valence-corrected chi connectivity index (χ3v) is 11.5. The minimum Gasteiger partial charge on any atom is -0.298 e. The molecule has 0 saturated heterocycles. The minimum atomic E-state index is 0.143. The highest BCUT2D eigenvalue weighted by Crippen LogP contribution is 2.65. The Morgan fingerprint density at radius 1 is 0.633 bits per heavy atom. The van der Waals surface area contributed by atoms with Gasteiger partial charge in [-0.1, -0.05) is 46.0 Å². The van der Waals surface area contributed by atoms with Gasteiger partial charge in [-0.3, -0.25) is 4.79 Å². The Kier molecular flexibility index (Phi) is 6.13. The average Bonchev–Trinajstić information content (AvgIpc) is 2.80. The van der Waals surface area contributed by atoms with E-state index < -0.39 is 0 Å². The van der Waals surface area contributed by atoms with E-state index in [4.69, 9.17) is 0 Å². The molecule has 0 aliphatic heterocycles. The molecule has 30 heavy (non-hydrogen) atoms. The van der Waals surface area contributed by atoms with E-state index in [1.54, 1.807) is 0 Å². The molecular weight excluding hydrogens is 364 g/mol. The van der Waals surface area contributed by atoms with Crippen LogP contribution in [0.15, 0.2) is 0 Å². The van der Waals surface area contributed by atoms with Crippen LogP contribution in [0.3, 0.4) is 0 Å². The van der Waals surface area contributed by atoms with Gasteiger partial charge in [-0.2, -0.15) is 0 Å². The van der Waals surface area contributed by atoms with Crippen molar-refractivity contribution in [2.45, 2.75) is 129 Å². The first-order valence-electron chi connectivity index (χ1n) is 14.1. The normalized spacial score (nSPS) is 49.9. The molecular formula is C29H48O. The molecule has 5 rings (SSSR count). The summed E-state index contributed by atoms with van der Waals surface area (Å²) in [5.74, 6) is 6.59. The largest absolute Gasteiger partial charge is 0.298 e. The summed E-state index contributed by atoms with van der Waals surface area (Å²) in [6.07, 6.45) is 24.9. The minimum absolute atomic E-state index is 0.143. The molecule has 5 fully saturated rings. The van der Waals surface area contributed by atoms with Crippen LogP contribution in [0.2, 0.25) is 0 Å². The van der Waals surface area contributed by atoms with Crippen LogP contribution in [0, 0.1) is 46.3 Å². The van der Waals surface area contributed by atoms with Crippen molar-refractivity contribution in [2.75, 3.05) is 0 Å². The third-order valence-electron chi connectivity index (χ3n) is 11.5. The quantitative estimate of drug-likeness (QED) is 0.455. The molecule has 5 aliphatic rings. The second-order valence-corrected chi connectivity index (χ2v) is 13.0. The monoisotopic (exact) mass is 412 g/mol. The number of hydrogen-bond acceptors (Lipinski definition) is 1. The van der Waals surface area contributed by atoms with Gasteiger partial charge < -0.3 is 0 Å². The zero-order valence-corrected chi connectivity index (χ0v) is 20.1. The highest BCUT2D eigenvalue weighted by molar-refractivity contribution is 5.96. The van der Waals surface area contributed by atoms with Crippen LogP contribution in [-0.4, -0.2) is 5.78 Å². The maximum atomic E-state index is 13.6. The van der Waals surface area contributed by atoms with Gasteiger partial charge in [-0.15, -0.1) is 0 Å². The third kappa shape index (κ3) is 3.83. The van der Waals surface area contributed by atoms with Crippen LogP contribution >= 0.6 is 0 Å². The molecule has 2 spiro atoms. The van der Waals surface area contributed by atoms with E-state index in [1.165, 1.54) is 116 Å².